The molecule has 0 atom stereocenters. The Morgan fingerprint density at radius 2 is 1.58 bits per heavy atom. The summed E-state index contributed by atoms with van der Waals surface area (Å²) in [5.41, 5.74) is 2.80. The van der Waals surface area contributed by atoms with E-state index in [2.05, 4.69) is 22.3 Å². The average Bonchev–Trinajstić information content (AvgIpc) is 3.28. The first kappa shape index (κ1) is 24.3. The van der Waals surface area contributed by atoms with Gasteiger partial charge >= 0.3 is 0 Å². The number of hydrogen-bond acceptors (Lipinski definition) is 5. The van der Waals surface area contributed by atoms with E-state index in [1.807, 2.05) is 46.2 Å². The van der Waals surface area contributed by atoms with Crippen LogP contribution >= 0.6 is 0 Å². The third-order valence-electron chi connectivity index (χ3n) is 7.75. The van der Waals surface area contributed by atoms with Gasteiger partial charge in [-0.05, 0) is 61.3 Å². The number of hydrogen-bond donors (Lipinski definition) is 0. The lowest BCUT2D eigenvalue weighted by atomic mass is 9.73. The number of benzene rings is 2. The Hall–Kier alpha value is -3.42. The van der Waals surface area contributed by atoms with Crippen molar-refractivity contribution in [2.24, 2.45) is 5.41 Å². The number of aromatic nitrogens is 3. The van der Waals surface area contributed by atoms with E-state index in [9.17, 15) is 9.59 Å². The van der Waals surface area contributed by atoms with E-state index < -0.39 is 0 Å². The Morgan fingerprint density at radius 1 is 0.889 bits per heavy atom. The van der Waals surface area contributed by atoms with Crippen LogP contribution in [0.2, 0.25) is 0 Å². The maximum atomic E-state index is 13.6. The fraction of sp³-hybridized carbons (Fsp3) is 0.500. The minimum Gasteiger partial charge on any atom is -0.491 e. The first-order chi connectivity index (χ1) is 17.5. The number of fused-ring (bicyclic) bond motifs is 2. The Labute approximate surface area is 212 Å². The van der Waals surface area contributed by atoms with Crippen LogP contribution < -0.4 is 4.74 Å². The van der Waals surface area contributed by atoms with Crippen LogP contribution in [0.25, 0.3) is 11.0 Å². The van der Waals surface area contributed by atoms with Gasteiger partial charge in [-0.25, -0.2) is 0 Å². The largest absolute Gasteiger partial charge is 0.491 e. The van der Waals surface area contributed by atoms with E-state index in [0.717, 1.165) is 68.4 Å². The van der Waals surface area contributed by atoms with Crippen molar-refractivity contribution in [1.82, 2.24) is 24.8 Å². The number of piperidine rings is 1. The molecule has 1 fully saturated rings. The molecule has 3 aromatic rings. The Kier molecular flexibility index (Phi) is 7.20. The highest BCUT2D eigenvalue weighted by Gasteiger charge is 2.37. The Bertz CT molecular complexity index is 1180. The molecule has 2 aliphatic heterocycles. The lowest BCUT2D eigenvalue weighted by Gasteiger charge is -2.44. The topological polar surface area (TPSA) is 80.6 Å². The third-order valence-corrected chi connectivity index (χ3v) is 7.75. The van der Waals surface area contributed by atoms with Crippen molar-refractivity contribution in [2.75, 3.05) is 32.8 Å². The number of aryl methyl sites for hydroxylation is 1. The zero-order valence-corrected chi connectivity index (χ0v) is 21.1. The van der Waals surface area contributed by atoms with Crippen molar-refractivity contribution >= 4 is 22.8 Å². The van der Waals surface area contributed by atoms with Crippen LogP contribution in [-0.2, 0) is 22.6 Å². The second-order valence-corrected chi connectivity index (χ2v) is 10.2. The maximum Gasteiger partial charge on any atom is 0.246 e. The van der Waals surface area contributed by atoms with Crippen molar-refractivity contribution in [2.45, 2.75) is 52.0 Å². The van der Waals surface area contributed by atoms with E-state index in [1.165, 1.54) is 10.4 Å². The summed E-state index contributed by atoms with van der Waals surface area (Å²) in [6.07, 6.45) is 6.04. The molecule has 1 saturated heterocycles. The second kappa shape index (κ2) is 10.7. The molecule has 0 bridgehead atoms. The molecule has 0 radical (unpaired) electrons. The predicted octanol–water partition coefficient (Wildman–Crippen LogP) is 3.69. The third kappa shape index (κ3) is 5.53. The molecule has 2 aromatic carbocycles. The Morgan fingerprint density at radius 3 is 2.31 bits per heavy atom. The van der Waals surface area contributed by atoms with Gasteiger partial charge in [-0.3, -0.25) is 9.59 Å². The molecule has 0 N–H and O–H groups in total. The van der Waals surface area contributed by atoms with Crippen LogP contribution in [0.3, 0.4) is 0 Å². The number of carbonyl (C=O) groups excluding carboxylic acids is 2. The summed E-state index contributed by atoms with van der Waals surface area (Å²) in [7, 11) is 0. The predicted molar refractivity (Wildman–Crippen MR) is 138 cm³/mol. The minimum absolute atomic E-state index is 0.00220. The van der Waals surface area contributed by atoms with Crippen LogP contribution in [-0.4, -0.2) is 69.4 Å². The summed E-state index contributed by atoms with van der Waals surface area (Å²) in [4.78, 5) is 31.0. The monoisotopic (exact) mass is 489 g/mol. The van der Waals surface area contributed by atoms with Gasteiger partial charge in [0.1, 0.15) is 29.9 Å². The van der Waals surface area contributed by atoms with E-state index in [4.69, 9.17) is 4.74 Å². The molecule has 5 rings (SSSR count). The summed E-state index contributed by atoms with van der Waals surface area (Å²) < 4.78 is 6.18. The number of carbonyl (C=O) groups is 2. The van der Waals surface area contributed by atoms with Crippen LogP contribution in [0.4, 0.5) is 0 Å². The standard InChI is InChI=1S/C28H35N5O3/c1-22(34)31-16-14-28(15-17-31)13-7-6-9-23-8-2-5-12-26(23)36-19-18-32(21-28)27(35)20-33-29-24-10-3-4-11-25(24)30-33/h2-5,8,10-12H,6-7,9,13-21H2,1H3. The van der Waals surface area contributed by atoms with Gasteiger partial charge in [0.15, 0.2) is 0 Å². The summed E-state index contributed by atoms with van der Waals surface area (Å²) >= 11 is 0. The molecule has 1 aromatic heterocycles. The zero-order valence-electron chi connectivity index (χ0n) is 21.1. The van der Waals surface area contributed by atoms with Crippen LogP contribution in [0.15, 0.2) is 48.5 Å². The summed E-state index contributed by atoms with van der Waals surface area (Å²) in [5.74, 6) is 1.04. The molecule has 8 nitrogen and oxygen atoms in total. The van der Waals surface area contributed by atoms with Crippen molar-refractivity contribution in [1.29, 1.82) is 0 Å². The molecule has 2 aliphatic rings. The van der Waals surface area contributed by atoms with E-state index in [-0.39, 0.29) is 23.8 Å². The number of amides is 2. The number of likely N-dealkylation sites (tertiary alicyclic amines) is 1. The zero-order chi connectivity index (χ0) is 25.0. The number of nitrogens with zero attached hydrogens (tertiary/aromatic N) is 5. The SMILES string of the molecule is CC(=O)N1CCC2(CCCCc3ccccc3OCCN(C(=O)Cn3nc4ccccc4n3)C2)CC1. The number of para-hydroxylation sites is 1. The molecule has 36 heavy (non-hydrogen) atoms. The highest BCUT2D eigenvalue weighted by atomic mass is 16.5. The van der Waals surface area contributed by atoms with Gasteiger partial charge in [-0.1, -0.05) is 36.8 Å². The van der Waals surface area contributed by atoms with Crippen molar-refractivity contribution in [3.8, 4) is 5.75 Å². The summed E-state index contributed by atoms with van der Waals surface area (Å²) in [5, 5.41) is 8.99. The second-order valence-electron chi connectivity index (χ2n) is 10.2. The average molecular weight is 490 g/mol. The Balaban J connectivity index is 1.37. The number of rotatable bonds is 2. The van der Waals surface area contributed by atoms with Crippen LogP contribution in [0.1, 0.15) is 44.6 Å². The van der Waals surface area contributed by atoms with Gasteiger partial charge in [0.05, 0.1) is 6.54 Å². The lowest BCUT2D eigenvalue weighted by molar-refractivity contribution is -0.137. The van der Waals surface area contributed by atoms with Gasteiger partial charge < -0.3 is 14.5 Å². The van der Waals surface area contributed by atoms with Crippen molar-refractivity contribution in [3.05, 3.63) is 54.1 Å². The molecule has 8 heteroatoms. The van der Waals surface area contributed by atoms with E-state index >= 15 is 0 Å². The summed E-state index contributed by atoms with van der Waals surface area (Å²) in [6.45, 7) is 4.86. The fourth-order valence-electron chi connectivity index (χ4n) is 5.61. The van der Waals surface area contributed by atoms with Crippen LogP contribution in [0.5, 0.6) is 5.75 Å². The molecule has 2 amide bonds. The van der Waals surface area contributed by atoms with Crippen molar-refractivity contribution in [3.63, 3.8) is 0 Å². The normalized spacial score (nSPS) is 18.7. The molecule has 3 heterocycles. The van der Waals surface area contributed by atoms with E-state index in [1.54, 1.807) is 6.92 Å². The molecule has 0 saturated carbocycles. The van der Waals surface area contributed by atoms with E-state index in [0.29, 0.717) is 19.7 Å². The van der Waals surface area contributed by atoms with Crippen molar-refractivity contribution < 1.29 is 14.3 Å². The lowest BCUT2D eigenvalue weighted by Crippen LogP contribution is -2.50. The maximum absolute atomic E-state index is 13.6. The fourth-order valence-corrected chi connectivity index (χ4v) is 5.61. The smallest absolute Gasteiger partial charge is 0.246 e. The molecule has 0 aliphatic carbocycles. The molecular weight excluding hydrogens is 454 g/mol. The summed E-state index contributed by atoms with van der Waals surface area (Å²) in [6, 6.07) is 15.9. The molecule has 1 spiro atoms. The number of ether oxygens (including phenoxy) is 1. The highest BCUT2D eigenvalue weighted by molar-refractivity contribution is 5.77. The quantitative estimate of drug-likeness (QED) is 0.549. The first-order valence-corrected chi connectivity index (χ1v) is 13.1. The van der Waals surface area contributed by atoms with Gasteiger partial charge in [0.25, 0.3) is 0 Å². The van der Waals surface area contributed by atoms with Gasteiger partial charge in [-0.2, -0.15) is 15.0 Å². The molecular formula is C28H35N5O3. The van der Waals surface area contributed by atoms with Gasteiger partial charge in [0.2, 0.25) is 11.8 Å². The first-order valence-electron chi connectivity index (χ1n) is 13.1. The van der Waals surface area contributed by atoms with Crippen LogP contribution in [0, 0.1) is 5.41 Å². The minimum atomic E-state index is -0.00220. The molecule has 0 unspecified atom stereocenters. The highest BCUT2D eigenvalue weighted by Crippen LogP contribution is 2.38. The molecule has 190 valence electrons. The van der Waals surface area contributed by atoms with Gasteiger partial charge in [-0.15, -0.1) is 0 Å². The van der Waals surface area contributed by atoms with Gasteiger partial charge in [0, 0.05) is 26.6 Å².